The van der Waals surface area contributed by atoms with Crippen LogP contribution >= 0.6 is 11.6 Å². The van der Waals surface area contributed by atoms with Crippen molar-refractivity contribution in [2.75, 3.05) is 5.73 Å². The molecule has 1 amide bonds. The highest BCUT2D eigenvalue weighted by Crippen LogP contribution is 2.31. The number of carbonyl (C=O) groups excluding carboxylic acids is 1. The summed E-state index contributed by atoms with van der Waals surface area (Å²) in [6.07, 6.45) is 1.67. The van der Waals surface area contributed by atoms with Crippen LogP contribution in [-0.2, 0) is 0 Å². The topological polar surface area (TPSA) is 117 Å². The molecule has 0 radical (unpaired) electrons. The fraction of sp³-hybridized carbons (Fsp3) is 0.158. The summed E-state index contributed by atoms with van der Waals surface area (Å²) in [5, 5.41) is 0.518. The average molecular weight is 384 g/mol. The number of pyridine rings is 1. The zero-order valence-corrected chi connectivity index (χ0v) is 15.6. The Hall–Kier alpha value is -3.19. The number of benzene rings is 1. The lowest BCUT2D eigenvalue weighted by Crippen LogP contribution is -2.21. The Labute approximate surface area is 160 Å². The van der Waals surface area contributed by atoms with Gasteiger partial charge in [0.15, 0.2) is 11.5 Å². The molecule has 0 spiro atoms. The number of halogens is 1. The first-order chi connectivity index (χ1) is 12.8. The van der Waals surface area contributed by atoms with Crippen molar-refractivity contribution in [3.8, 4) is 22.5 Å². The third kappa shape index (κ3) is 3.68. The number of hydrogen-bond acceptors (Lipinski definition) is 5. The first-order valence-corrected chi connectivity index (χ1v) is 8.61. The van der Waals surface area contributed by atoms with Gasteiger partial charge in [-0.1, -0.05) is 23.7 Å². The standard InChI is InChI=1S/C19H18ClN5O2/c1-10(2)25-9-12(6-7-14(25)26)16-15(11-4-3-5-13(20)8-11)24-18(21)17(23-16)19(22)27/h3-10H,1-2H3,(H2,21,24)(H2,22,27). The van der Waals surface area contributed by atoms with Crippen LogP contribution in [0.5, 0.6) is 0 Å². The summed E-state index contributed by atoms with van der Waals surface area (Å²) in [5.41, 5.74) is 13.1. The van der Waals surface area contributed by atoms with Gasteiger partial charge < -0.3 is 16.0 Å². The summed E-state index contributed by atoms with van der Waals surface area (Å²) >= 11 is 6.10. The Balaban J connectivity index is 2.33. The summed E-state index contributed by atoms with van der Waals surface area (Å²) < 4.78 is 1.57. The van der Waals surface area contributed by atoms with Crippen LogP contribution in [0.1, 0.15) is 30.4 Å². The molecule has 3 aromatic rings. The lowest BCUT2D eigenvalue weighted by atomic mass is 10.0. The lowest BCUT2D eigenvalue weighted by molar-refractivity contribution is 0.0996. The Morgan fingerprint density at radius 1 is 1.11 bits per heavy atom. The maximum absolute atomic E-state index is 12.1. The van der Waals surface area contributed by atoms with Crippen molar-refractivity contribution in [1.29, 1.82) is 0 Å². The van der Waals surface area contributed by atoms with E-state index in [4.69, 9.17) is 23.1 Å². The number of nitrogen functional groups attached to an aromatic ring is 1. The molecule has 7 nitrogen and oxygen atoms in total. The summed E-state index contributed by atoms with van der Waals surface area (Å²) in [6.45, 7) is 3.79. The van der Waals surface area contributed by atoms with E-state index in [0.29, 0.717) is 27.5 Å². The Morgan fingerprint density at radius 3 is 2.44 bits per heavy atom. The second-order valence-corrected chi connectivity index (χ2v) is 6.72. The molecule has 4 N–H and O–H groups in total. The molecular formula is C19H18ClN5O2. The average Bonchev–Trinajstić information content (AvgIpc) is 2.61. The molecule has 2 heterocycles. The van der Waals surface area contributed by atoms with Gasteiger partial charge in [-0.3, -0.25) is 9.59 Å². The van der Waals surface area contributed by atoms with Crippen LogP contribution in [0, 0.1) is 0 Å². The van der Waals surface area contributed by atoms with E-state index in [1.807, 2.05) is 13.8 Å². The Bertz CT molecular complexity index is 1090. The van der Waals surface area contributed by atoms with Crippen molar-refractivity contribution in [3.63, 3.8) is 0 Å². The summed E-state index contributed by atoms with van der Waals surface area (Å²) in [7, 11) is 0. The number of hydrogen-bond donors (Lipinski definition) is 2. The quantitative estimate of drug-likeness (QED) is 0.718. The fourth-order valence-electron chi connectivity index (χ4n) is 2.72. The minimum Gasteiger partial charge on any atom is -0.382 e. The van der Waals surface area contributed by atoms with Crippen LogP contribution in [0.4, 0.5) is 5.82 Å². The van der Waals surface area contributed by atoms with E-state index < -0.39 is 5.91 Å². The maximum atomic E-state index is 12.1. The number of rotatable bonds is 4. The fourth-order valence-corrected chi connectivity index (χ4v) is 2.91. The van der Waals surface area contributed by atoms with Crippen LogP contribution in [0.25, 0.3) is 22.5 Å². The van der Waals surface area contributed by atoms with Gasteiger partial charge in [-0.05, 0) is 32.0 Å². The van der Waals surface area contributed by atoms with Gasteiger partial charge in [0.1, 0.15) is 0 Å². The van der Waals surface area contributed by atoms with Crippen LogP contribution < -0.4 is 17.0 Å². The molecule has 0 saturated carbocycles. The van der Waals surface area contributed by atoms with Gasteiger partial charge in [-0.2, -0.15) is 0 Å². The number of aromatic nitrogens is 3. The SMILES string of the molecule is CC(C)n1cc(-c2nc(C(N)=O)c(N)nc2-c2cccc(Cl)c2)ccc1=O. The van der Waals surface area contributed by atoms with E-state index in [9.17, 15) is 9.59 Å². The van der Waals surface area contributed by atoms with Gasteiger partial charge in [0, 0.05) is 34.5 Å². The Morgan fingerprint density at radius 2 is 1.81 bits per heavy atom. The lowest BCUT2D eigenvalue weighted by Gasteiger charge is -2.15. The summed E-state index contributed by atoms with van der Waals surface area (Å²) in [6, 6.07) is 10.1. The van der Waals surface area contributed by atoms with Crippen LogP contribution in [-0.4, -0.2) is 20.4 Å². The predicted octanol–water partition coefficient (Wildman–Crippen LogP) is 2.89. The van der Waals surface area contributed by atoms with Gasteiger partial charge >= 0.3 is 0 Å². The van der Waals surface area contributed by atoms with Gasteiger partial charge in [-0.15, -0.1) is 0 Å². The first kappa shape index (κ1) is 18.6. The zero-order chi connectivity index (χ0) is 19.7. The molecule has 0 aliphatic carbocycles. The van der Waals surface area contributed by atoms with Gasteiger partial charge in [0.2, 0.25) is 0 Å². The molecular weight excluding hydrogens is 366 g/mol. The minimum absolute atomic E-state index is 0.0515. The molecule has 138 valence electrons. The van der Waals surface area contributed by atoms with Crippen LogP contribution in [0.15, 0.2) is 47.4 Å². The molecule has 27 heavy (non-hydrogen) atoms. The third-order valence-corrected chi connectivity index (χ3v) is 4.26. The van der Waals surface area contributed by atoms with Crippen molar-refractivity contribution in [1.82, 2.24) is 14.5 Å². The van der Waals surface area contributed by atoms with E-state index in [1.165, 1.54) is 6.07 Å². The molecule has 1 aromatic carbocycles. The molecule has 0 aliphatic heterocycles. The number of nitrogens with zero attached hydrogens (tertiary/aromatic N) is 3. The molecule has 0 unspecified atom stereocenters. The predicted molar refractivity (Wildman–Crippen MR) is 105 cm³/mol. The smallest absolute Gasteiger partial charge is 0.271 e. The minimum atomic E-state index is -0.781. The van der Waals surface area contributed by atoms with Gasteiger partial charge in [0.05, 0.1) is 11.4 Å². The largest absolute Gasteiger partial charge is 0.382 e. The number of nitrogens with two attached hydrogens (primary N) is 2. The second-order valence-electron chi connectivity index (χ2n) is 6.29. The summed E-state index contributed by atoms with van der Waals surface area (Å²) in [5.74, 6) is -0.852. The van der Waals surface area contributed by atoms with E-state index in [1.54, 1.807) is 41.1 Å². The maximum Gasteiger partial charge on any atom is 0.271 e. The number of anilines is 1. The molecule has 0 bridgehead atoms. The van der Waals surface area contributed by atoms with Crippen LogP contribution in [0.3, 0.4) is 0 Å². The number of amides is 1. The van der Waals surface area contributed by atoms with Crippen molar-refractivity contribution in [2.24, 2.45) is 5.73 Å². The van der Waals surface area contributed by atoms with Crippen molar-refractivity contribution in [3.05, 3.63) is 63.7 Å². The Kier molecular flexibility index (Phi) is 4.96. The van der Waals surface area contributed by atoms with E-state index in [-0.39, 0.29) is 23.1 Å². The van der Waals surface area contributed by atoms with Gasteiger partial charge in [0.25, 0.3) is 11.5 Å². The molecule has 0 aliphatic rings. The number of primary amides is 1. The monoisotopic (exact) mass is 383 g/mol. The summed E-state index contributed by atoms with van der Waals surface area (Å²) in [4.78, 5) is 32.5. The van der Waals surface area contributed by atoms with E-state index >= 15 is 0 Å². The zero-order valence-electron chi connectivity index (χ0n) is 14.8. The molecule has 0 saturated heterocycles. The molecule has 8 heteroatoms. The van der Waals surface area contributed by atoms with Gasteiger partial charge in [-0.25, -0.2) is 9.97 Å². The molecule has 2 aromatic heterocycles. The molecule has 0 atom stereocenters. The highest BCUT2D eigenvalue weighted by atomic mass is 35.5. The third-order valence-electron chi connectivity index (χ3n) is 4.02. The number of carbonyl (C=O) groups is 1. The molecule has 3 rings (SSSR count). The van der Waals surface area contributed by atoms with Crippen molar-refractivity contribution in [2.45, 2.75) is 19.9 Å². The van der Waals surface area contributed by atoms with E-state index in [0.717, 1.165) is 0 Å². The molecule has 0 fully saturated rings. The second kappa shape index (κ2) is 7.20. The highest BCUT2D eigenvalue weighted by molar-refractivity contribution is 6.30. The van der Waals surface area contributed by atoms with Crippen molar-refractivity contribution >= 4 is 23.3 Å². The first-order valence-electron chi connectivity index (χ1n) is 8.23. The highest BCUT2D eigenvalue weighted by Gasteiger charge is 2.19. The normalized spacial score (nSPS) is 11.0. The van der Waals surface area contributed by atoms with E-state index in [2.05, 4.69) is 9.97 Å². The van der Waals surface area contributed by atoms with Crippen LogP contribution in [0.2, 0.25) is 5.02 Å². The van der Waals surface area contributed by atoms with Crippen molar-refractivity contribution < 1.29 is 4.79 Å².